The number of ketones is 1. The number of fused-ring (bicyclic) bond motifs is 1. The molecule has 1 aliphatic heterocycles. The second kappa shape index (κ2) is 6.15. The number of benzene rings is 2. The first-order chi connectivity index (χ1) is 11.3. The zero-order valence-electron chi connectivity index (χ0n) is 14.2. The van der Waals surface area contributed by atoms with Crippen LogP contribution in [0.15, 0.2) is 41.3 Å². The van der Waals surface area contributed by atoms with E-state index in [2.05, 4.69) is 0 Å². The van der Waals surface area contributed by atoms with Crippen molar-refractivity contribution in [2.24, 2.45) is 0 Å². The maximum absolute atomic E-state index is 12.9. The van der Waals surface area contributed by atoms with E-state index in [9.17, 15) is 13.2 Å². The van der Waals surface area contributed by atoms with Crippen LogP contribution < -0.4 is 0 Å². The molecule has 5 heteroatoms. The third-order valence-electron chi connectivity index (χ3n) is 4.61. The van der Waals surface area contributed by atoms with Gasteiger partial charge in [0, 0.05) is 25.1 Å². The van der Waals surface area contributed by atoms with Crippen LogP contribution in [0.1, 0.15) is 39.0 Å². The van der Waals surface area contributed by atoms with Crippen LogP contribution in [0, 0.1) is 20.8 Å². The highest BCUT2D eigenvalue weighted by Gasteiger charge is 2.29. The first-order valence-electron chi connectivity index (χ1n) is 7.99. The fourth-order valence-corrected chi connectivity index (χ4v) is 4.38. The van der Waals surface area contributed by atoms with Gasteiger partial charge in [-0.15, -0.1) is 0 Å². The number of carbonyl (C=O) groups excluding carboxylic acids is 1. The van der Waals surface area contributed by atoms with Crippen LogP contribution in [0.2, 0.25) is 0 Å². The third-order valence-corrected chi connectivity index (χ3v) is 6.47. The maximum Gasteiger partial charge on any atom is 0.243 e. The second-order valence-electron chi connectivity index (χ2n) is 6.42. The van der Waals surface area contributed by atoms with Gasteiger partial charge >= 0.3 is 0 Å². The van der Waals surface area contributed by atoms with E-state index in [4.69, 9.17) is 0 Å². The fourth-order valence-electron chi connectivity index (χ4n) is 2.96. The molecule has 24 heavy (non-hydrogen) atoms. The zero-order chi connectivity index (χ0) is 17.5. The third kappa shape index (κ3) is 3.01. The Morgan fingerprint density at radius 2 is 1.58 bits per heavy atom. The van der Waals surface area contributed by atoms with Crippen molar-refractivity contribution < 1.29 is 13.2 Å². The van der Waals surface area contributed by atoms with Gasteiger partial charge in [0.15, 0.2) is 5.78 Å². The van der Waals surface area contributed by atoms with Crippen molar-refractivity contribution in [3.63, 3.8) is 0 Å². The molecule has 3 rings (SSSR count). The topological polar surface area (TPSA) is 54.5 Å². The van der Waals surface area contributed by atoms with Crippen molar-refractivity contribution in [1.29, 1.82) is 0 Å². The predicted molar refractivity (Wildman–Crippen MR) is 93.6 cm³/mol. The molecule has 1 aliphatic rings. The van der Waals surface area contributed by atoms with Crippen LogP contribution in [0.25, 0.3) is 0 Å². The van der Waals surface area contributed by atoms with E-state index in [1.54, 1.807) is 24.3 Å². The predicted octanol–water partition coefficient (Wildman–Crippen LogP) is 3.39. The van der Waals surface area contributed by atoms with E-state index in [1.807, 2.05) is 32.9 Å². The number of sulfonamides is 1. The van der Waals surface area contributed by atoms with E-state index >= 15 is 0 Å². The molecular formula is C19H21NO3S. The lowest BCUT2D eigenvalue weighted by molar-refractivity contribution is 0.0981. The smallest absolute Gasteiger partial charge is 0.243 e. The summed E-state index contributed by atoms with van der Waals surface area (Å²) in [5.41, 5.74) is 4.57. The second-order valence-corrected chi connectivity index (χ2v) is 8.36. The molecule has 0 radical (unpaired) electrons. The van der Waals surface area contributed by atoms with E-state index in [-0.39, 0.29) is 30.2 Å². The normalized spacial score (nSPS) is 15.9. The lowest BCUT2D eigenvalue weighted by atomic mass is 9.97. The molecule has 0 unspecified atom stereocenters. The monoisotopic (exact) mass is 343 g/mol. The molecule has 2 aromatic carbocycles. The van der Waals surface area contributed by atoms with Crippen molar-refractivity contribution in [3.8, 4) is 0 Å². The number of Topliss-reactive ketones (excluding diaryl/α,β-unsaturated/α-hetero) is 1. The summed E-state index contributed by atoms with van der Waals surface area (Å²) in [4.78, 5) is 12.7. The molecule has 0 aromatic heterocycles. The standard InChI is InChI=1S/C19H21NO3S/c1-13-4-6-17(7-5-13)24(22,23)20-9-8-19(21)18-11-15(3)14(2)10-16(18)12-20/h4-7,10-11H,8-9,12H2,1-3H3. The molecule has 0 amide bonds. The summed E-state index contributed by atoms with van der Waals surface area (Å²) in [5.74, 6) is 0.00899. The molecular weight excluding hydrogens is 322 g/mol. The van der Waals surface area contributed by atoms with Gasteiger partial charge < -0.3 is 0 Å². The first-order valence-corrected chi connectivity index (χ1v) is 9.43. The SMILES string of the molecule is Cc1ccc(S(=O)(=O)N2CCC(=O)c3cc(C)c(C)cc3C2)cc1. The number of rotatable bonds is 2. The van der Waals surface area contributed by atoms with Crippen molar-refractivity contribution >= 4 is 15.8 Å². The molecule has 4 nitrogen and oxygen atoms in total. The lowest BCUT2D eigenvalue weighted by Gasteiger charge is -2.20. The molecule has 0 fully saturated rings. The summed E-state index contributed by atoms with van der Waals surface area (Å²) < 4.78 is 27.3. The Labute approximate surface area is 143 Å². The van der Waals surface area contributed by atoms with Crippen molar-refractivity contribution in [1.82, 2.24) is 4.31 Å². The molecule has 0 atom stereocenters. The van der Waals surface area contributed by atoms with Gasteiger partial charge in [0.2, 0.25) is 10.0 Å². The molecule has 0 saturated heterocycles. The average Bonchev–Trinajstić information content (AvgIpc) is 2.69. The number of hydrogen-bond acceptors (Lipinski definition) is 3. The van der Waals surface area contributed by atoms with Gasteiger partial charge in [0.05, 0.1) is 4.90 Å². The summed E-state index contributed by atoms with van der Waals surface area (Å²) in [6.45, 7) is 6.31. The van der Waals surface area contributed by atoms with Gasteiger partial charge in [-0.1, -0.05) is 23.8 Å². The van der Waals surface area contributed by atoms with E-state index < -0.39 is 10.0 Å². The van der Waals surface area contributed by atoms with Gasteiger partial charge in [0.25, 0.3) is 0 Å². The molecule has 1 heterocycles. The Morgan fingerprint density at radius 1 is 0.958 bits per heavy atom. The Balaban J connectivity index is 2.02. The number of nitrogens with zero attached hydrogens (tertiary/aromatic N) is 1. The van der Waals surface area contributed by atoms with Crippen molar-refractivity contribution in [3.05, 3.63) is 64.2 Å². The quantitative estimate of drug-likeness (QED) is 0.840. The lowest BCUT2D eigenvalue weighted by Crippen LogP contribution is -2.31. The van der Waals surface area contributed by atoms with Crippen LogP contribution in [-0.4, -0.2) is 25.1 Å². The Kier molecular flexibility index (Phi) is 4.32. The van der Waals surface area contributed by atoms with Crippen molar-refractivity contribution in [2.75, 3.05) is 6.54 Å². The number of carbonyl (C=O) groups is 1. The minimum Gasteiger partial charge on any atom is -0.294 e. The van der Waals surface area contributed by atoms with E-state index in [1.165, 1.54) is 4.31 Å². The molecule has 126 valence electrons. The van der Waals surface area contributed by atoms with Gasteiger partial charge in [-0.2, -0.15) is 4.31 Å². The number of hydrogen-bond donors (Lipinski definition) is 0. The highest BCUT2D eigenvalue weighted by molar-refractivity contribution is 7.89. The van der Waals surface area contributed by atoms with E-state index in [0.717, 1.165) is 22.3 Å². The van der Waals surface area contributed by atoms with Gasteiger partial charge in [-0.25, -0.2) is 8.42 Å². The van der Waals surface area contributed by atoms with Crippen LogP contribution in [-0.2, 0) is 16.6 Å². The van der Waals surface area contributed by atoms with Gasteiger partial charge in [-0.05, 0) is 55.7 Å². The Bertz CT molecular complexity index is 899. The summed E-state index contributed by atoms with van der Waals surface area (Å²) in [6, 6.07) is 10.6. The van der Waals surface area contributed by atoms with E-state index in [0.29, 0.717) is 5.56 Å². The molecule has 0 aliphatic carbocycles. The van der Waals surface area contributed by atoms with Crippen molar-refractivity contribution in [2.45, 2.75) is 38.6 Å². The Hall–Kier alpha value is -1.98. The Morgan fingerprint density at radius 3 is 2.25 bits per heavy atom. The maximum atomic E-state index is 12.9. The molecule has 2 aromatic rings. The summed E-state index contributed by atoms with van der Waals surface area (Å²) >= 11 is 0. The van der Waals surface area contributed by atoms with Crippen LogP contribution in [0.3, 0.4) is 0 Å². The average molecular weight is 343 g/mol. The molecule has 0 spiro atoms. The highest BCUT2D eigenvalue weighted by Crippen LogP contribution is 2.26. The molecule has 0 saturated carbocycles. The largest absolute Gasteiger partial charge is 0.294 e. The fraction of sp³-hybridized carbons (Fsp3) is 0.316. The van der Waals surface area contributed by atoms with Gasteiger partial charge in [-0.3, -0.25) is 4.79 Å². The summed E-state index contributed by atoms with van der Waals surface area (Å²) in [7, 11) is -3.61. The summed E-state index contributed by atoms with van der Waals surface area (Å²) in [6.07, 6.45) is 0.209. The zero-order valence-corrected chi connectivity index (χ0v) is 15.0. The number of aryl methyl sites for hydroxylation is 3. The molecule has 0 N–H and O–H groups in total. The first kappa shape index (κ1) is 16.9. The summed E-state index contributed by atoms with van der Waals surface area (Å²) in [5, 5.41) is 0. The minimum atomic E-state index is -3.61. The van der Waals surface area contributed by atoms with Crippen LogP contribution in [0.4, 0.5) is 0 Å². The minimum absolute atomic E-state index is 0.00899. The van der Waals surface area contributed by atoms with Crippen LogP contribution >= 0.6 is 0 Å². The van der Waals surface area contributed by atoms with Crippen LogP contribution in [0.5, 0.6) is 0 Å². The highest BCUT2D eigenvalue weighted by atomic mass is 32.2. The molecule has 0 bridgehead atoms. The van der Waals surface area contributed by atoms with Gasteiger partial charge in [0.1, 0.15) is 0 Å².